The third-order valence-electron chi connectivity index (χ3n) is 3.16. The fraction of sp³-hybridized carbons (Fsp3) is 0.294. The Morgan fingerprint density at radius 1 is 1.14 bits per heavy atom. The lowest BCUT2D eigenvalue weighted by atomic mass is 10.1. The first-order valence-corrected chi connectivity index (χ1v) is 7.46. The summed E-state index contributed by atoms with van der Waals surface area (Å²) in [7, 11) is 1.59. The standard InChI is InChI=1S/C17H19ClFNO2/c1-3-22-17-13(8-14(18)9-16(17)21-2)11-20-10-12-4-6-15(19)7-5-12/h4-9,20H,3,10-11H2,1-2H3. The zero-order valence-electron chi connectivity index (χ0n) is 12.7. The third kappa shape index (κ3) is 4.36. The Hall–Kier alpha value is -1.78. The molecular weight excluding hydrogens is 305 g/mol. The maximum absolute atomic E-state index is 12.9. The Labute approximate surface area is 135 Å². The van der Waals surface area contributed by atoms with Crippen LogP contribution in [0.25, 0.3) is 0 Å². The van der Waals surface area contributed by atoms with Gasteiger partial charge in [0.2, 0.25) is 0 Å². The summed E-state index contributed by atoms with van der Waals surface area (Å²) in [6.07, 6.45) is 0. The van der Waals surface area contributed by atoms with Crippen LogP contribution in [0.4, 0.5) is 4.39 Å². The van der Waals surface area contributed by atoms with Crippen LogP contribution in [0.2, 0.25) is 5.02 Å². The van der Waals surface area contributed by atoms with Crippen LogP contribution in [0.1, 0.15) is 18.1 Å². The molecule has 22 heavy (non-hydrogen) atoms. The van der Waals surface area contributed by atoms with Crippen molar-refractivity contribution in [3.8, 4) is 11.5 Å². The molecule has 3 nitrogen and oxygen atoms in total. The maximum atomic E-state index is 12.9. The van der Waals surface area contributed by atoms with Gasteiger partial charge in [0.1, 0.15) is 5.82 Å². The molecule has 0 atom stereocenters. The first-order chi connectivity index (χ1) is 10.6. The molecule has 0 heterocycles. The molecule has 5 heteroatoms. The number of ether oxygens (including phenoxy) is 2. The van der Waals surface area contributed by atoms with Crippen LogP contribution in [0.15, 0.2) is 36.4 Å². The van der Waals surface area contributed by atoms with Gasteiger partial charge < -0.3 is 14.8 Å². The van der Waals surface area contributed by atoms with Crippen molar-refractivity contribution in [2.45, 2.75) is 20.0 Å². The van der Waals surface area contributed by atoms with Gasteiger partial charge in [-0.2, -0.15) is 0 Å². The molecule has 2 rings (SSSR count). The van der Waals surface area contributed by atoms with Gasteiger partial charge in [-0.3, -0.25) is 0 Å². The van der Waals surface area contributed by atoms with E-state index in [2.05, 4.69) is 5.32 Å². The minimum Gasteiger partial charge on any atom is -0.493 e. The fourth-order valence-corrected chi connectivity index (χ4v) is 2.39. The molecule has 2 aromatic carbocycles. The summed E-state index contributed by atoms with van der Waals surface area (Å²) < 4.78 is 23.9. The van der Waals surface area contributed by atoms with E-state index in [-0.39, 0.29) is 5.82 Å². The van der Waals surface area contributed by atoms with Crippen molar-refractivity contribution in [2.75, 3.05) is 13.7 Å². The number of methoxy groups -OCH3 is 1. The smallest absolute Gasteiger partial charge is 0.165 e. The van der Waals surface area contributed by atoms with Crippen molar-refractivity contribution >= 4 is 11.6 Å². The highest BCUT2D eigenvalue weighted by Gasteiger charge is 2.12. The highest BCUT2D eigenvalue weighted by Crippen LogP contribution is 2.34. The normalized spacial score (nSPS) is 10.5. The molecule has 0 aromatic heterocycles. The van der Waals surface area contributed by atoms with Crippen LogP contribution in [0.3, 0.4) is 0 Å². The van der Waals surface area contributed by atoms with E-state index in [1.54, 1.807) is 25.3 Å². The van der Waals surface area contributed by atoms with Crippen LogP contribution >= 0.6 is 11.6 Å². The number of benzene rings is 2. The zero-order valence-corrected chi connectivity index (χ0v) is 13.4. The average Bonchev–Trinajstić information content (AvgIpc) is 2.51. The lowest BCUT2D eigenvalue weighted by molar-refractivity contribution is 0.307. The van der Waals surface area contributed by atoms with Crippen LogP contribution in [-0.2, 0) is 13.1 Å². The van der Waals surface area contributed by atoms with E-state index < -0.39 is 0 Å². The molecule has 118 valence electrons. The molecule has 0 saturated heterocycles. The number of hydrogen-bond acceptors (Lipinski definition) is 3. The molecule has 0 bridgehead atoms. The van der Waals surface area contributed by atoms with Crippen LogP contribution < -0.4 is 14.8 Å². The van der Waals surface area contributed by atoms with Gasteiger partial charge in [-0.25, -0.2) is 4.39 Å². The minimum atomic E-state index is -0.234. The van der Waals surface area contributed by atoms with E-state index >= 15 is 0 Å². The SMILES string of the molecule is CCOc1c(CNCc2ccc(F)cc2)cc(Cl)cc1OC. The molecule has 0 spiro atoms. The maximum Gasteiger partial charge on any atom is 0.165 e. The monoisotopic (exact) mass is 323 g/mol. The summed E-state index contributed by atoms with van der Waals surface area (Å²) in [4.78, 5) is 0. The van der Waals surface area contributed by atoms with Crippen LogP contribution in [-0.4, -0.2) is 13.7 Å². The highest BCUT2D eigenvalue weighted by molar-refractivity contribution is 6.30. The number of nitrogens with one attached hydrogen (secondary N) is 1. The Morgan fingerprint density at radius 3 is 2.50 bits per heavy atom. The molecule has 0 aliphatic rings. The Kier molecular flexibility index (Phi) is 6.04. The largest absolute Gasteiger partial charge is 0.493 e. The second kappa shape index (κ2) is 8.01. The number of hydrogen-bond donors (Lipinski definition) is 1. The summed E-state index contributed by atoms with van der Waals surface area (Å²) in [6, 6.07) is 9.99. The second-order valence-electron chi connectivity index (χ2n) is 4.76. The summed E-state index contributed by atoms with van der Waals surface area (Å²) >= 11 is 6.11. The van der Waals surface area contributed by atoms with Gasteiger partial charge in [0, 0.05) is 29.7 Å². The van der Waals surface area contributed by atoms with Gasteiger partial charge >= 0.3 is 0 Å². The molecule has 0 unspecified atom stereocenters. The van der Waals surface area contributed by atoms with Gasteiger partial charge in [0.25, 0.3) is 0 Å². The third-order valence-corrected chi connectivity index (χ3v) is 3.38. The zero-order chi connectivity index (χ0) is 15.9. The lowest BCUT2D eigenvalue weighted by Crippen LogP contribution is -2.14. The van der Waals surface area contributed by atoms with Crippen molar-refractivity contribution in [2.24, 2.45) is 0 Å². The van der Waals surface area contributed by atoms with E-state index in [1.807, 2.05) is 13.0 Å². The fourth-order valence-electron chi connectivity index (χ4n) is 2.16. The first-order valence-electron chi connectivity index (χ1n) is 7.08. The van der Waals surface area contributed by atoms with Crippen molar-refractivity contribution in [3.05, 3.63) is 58.4 Å². The molecule has 0 saturated carbocycles. The average molecular weight is 324 g/mol. The minimum absolute atomic E-state index is 0.234. The van der Waals surface area contributed by atoms with Crippen LogP contribution in [0, 0.1) is 5.82 Å². The topological polar surface area (TPSA) is 30.5 Å². The molecule has 0 aliphatic carbocycles. The highest BCUT2D eigenvalue weighted by atomic mass is 35.5. The van der Waals surface area contributed by atoms with Gasteiger partial charge in [0.15, 0.2) is 11.5 Å². The van der Waals surface area contributed by atoms with E-state index in [9.17, 15) is 4.39 Å². The molecule has 0 aliphatic heterocycles. The van der Waals surface area contributed by atoms with E-state index in [0.29, 0.717) is 36.2 Å². The Morgan fingerprint density at radius 2 is 1.86 bits per heavy atom. The van der Waals surface area contributed by atoms with Crippen molar-refractivity contribution in [3.63, 3.8) is 0 Å². The van der Waals surface area contributed by atoms with E-state index in [0.717, 1.165) is 11.1 Å². The van der Waals surface area contributed by atoms with Crippen molar-refractivity contribution in [1.29, 1.82) is 0 Å². The van der Waals surface area contributed by atoms with Crippen molar-refractivity contribution < 1.29 is 13.9 Å². The molecular formula is C17H19ClFNO2. The quantitative estimate of drug-likeness (QED) is 0.829. The Balaban J connectivity index is 2.07. The van der Waals surface area contributed by atoms with Gasteiger partial charge in [-0.15, -0.1) is 0 Å². The predicted octanol–water partition coefficient (Wildman–Crippen LogP) is 4.18. The summed E-state index contributed by atoms with van der Waals surface area (Å²) in [5.74, 6) is 1.08. The van der Waals surface area contributed by atoms with E-state index in [1.165, 1.54) is 12.1 Å². The second-order valence-corrected chi connectivity index (χ2v) is 5.20. The molecule has 0 radical (unpaired) electrons. The summed E-state index contributed by atoms with van der Waals surface area (Å²) in [5.41, 5.74) is 1.93. The van der Waals surface area contributed by atoms with Crippen LogP contribution in [0.5, 0.6) is 11.5 Å². The summed E-state index contributed by atoms with van der Waals surface area (Å²) in [5, 5.41) is 3.89. The molecule has 2 aromatic rings. The van der Waals surface area contributed by atoms with Gasteiger partial charge in [0.05, 0.1) is 13.7 Å². The predicted molar refractivity (Wildman–Crippen MR) is 86.1 cm³/mol. The van der Waals surface area contributed by atoms with Gasteiger partial charge in [-0.05, 0) is 30.7 Å². The molecule has 0 amide bonds. The first kappa shape index (κ1) is 16.6. The van der Waals surface area contributed by atoms with E-state index in [4.69, 9.17) is 21.1 Å². The molecule has 0 fully saturated rings. The Bertz CT molecular complexity index is 617. The van der Waals surface area contributed by atoms with Crippen molar-refractivity contribution in [1.82, 2.24) is 5.32 Å². The summed E-state index contributed by atoms with van der Waals surface area (Å²) in [6.45, 7) is 3.66. The van der Waals surface area contributed by atoms with Gasteiger partial charge in [-0.1, -0.05) is 23.7 Å². The lowest BCUT2D eigenvalue weighted by Gasteiger charge is -2.15. The number of rotatable bonds is 7. The molecule has 1 N–H and O–H groups in total. The number of halogens is 2.